The molecule has 0 saturated heterocycles. The first-order chi connectivity index (χ1) is 8.29. The van der Waals surface area contributed by atoms with Crippen molar-refractivity contribution < 1.29 is 17.9 Å². The normalized spacial score (nSPS) is 15.3. The summed E-state index contributed by atoms with van der Waals surface area (Å²) in [4.78, 5) is -0.292. The Kier molecular flexibility index (Phi) is 4.66. The molecule has 0 fully saturated rings. The maximum atomic E-state index is 13.2. The number of nitrogen functional groups attached to an aromatic ring is 1. The molecule has 0 aliphatic rings. The van der Waals surface area contributed by atoms with Gasteiger partial charge in [0.15, 0.2) is 0 Å². The number of hydrogen-bond acceptors (Lipinski definition) is 4. The summed E-state index contributed by atoms with van der Waals surface area (Å²) in [5.41, 5.74) is 5.00. The van der Waals surface area contributed by atoms with Gasteiger partial charge in [-0.25, -0.2) is 17.5 Å². The number of hydrogen-bond donors (Lipinski definition) is 3. The zero-order valence-electron chi connectivity index (χ0n) is 10.2. The molecule has 0 spiro atoms. The molecule has 2 unspecified atom stereocenters. The summed E-state index contributed by atoms with van der Waals surface area (Å²) in [6, 6.07) is 3.12. The third kappa shape index (κ3) is 3.18. The summed E-state index contributed by atoms with van der Waals surface area (Å²) < 4.78 is 39.6. The Labute approximate surface area is 106 Å². The Morgan fingerprint density at radius 1 is 1.44 bits per heavy atom. The van der Waals surface area contributed by atoms with Crippen molar-refractivity contribution in [3.8, 4) is 0 Å². The van der Waals surface area contributed by atoms with Crippen LogP contribution in [-0.4, -0.2) is 26.2 Å². The molecule has 0 saturated carbocycles. The number of nitrogens with one attached hydrogen (secondary N) is 1. The molecule has 1 rings (SSSR count). The summed E-state index contributed by atoms with van der Waals surface area (Å²) in [6.07, 6.45) is 0. The highest BCUT2D eigenvalue weighted by Crippen LogP contribution is 2.21. The van der Waals surface area contributed by atoms with E-state index in [1.807, 2.05) is 0 Å². The lowest BCUT2D eigenvalue weighted by molar-refractivity contribution is 0.216. The van der Waals surface area contributed by atoms with Gasteiger partial charge in [-0.15, -0.1) is 0 Å². The van der Waals surface area contributed by atoms with Crippen LogP contribution in [0.4, 0.5) is 10.1 Å². The first-order valence-corrected chi connectivity index (χ1v) is 6.95. The van der Waals surface area contributed by atoms with E-state index in [-0.39, 0.29) is 17.4 Å². The van der Waals surface area contributed by atoms with E-state index in [9.17, 15) is 12.8 Å². The van der Waals surface area contributed by atoms with Crippen molar-refractivity contribution in [2.45, 2.75) is 24.8 Å². The molecule has 5 nitrogen and oxygen atoms in total. The fraction of sp³-hybridized carbons (Fsp3) is 0.455. The molecule has 0 heterocycles. The minimum Gasteiger partial charge on any atom is -0.396 e. The van der Waals surface area contributed by atoms with Gasteiger partial charge in [0.05, 0.1) is 5.69 Å². The van der Waals surface area contributed by atoms with Gasteiger partial charge in [0.2, 0.25) is 10.0 Å². The highest BCUT2D eigenvalue weighted by atomic mass is 32.2. The van der Waals surface area contributed by atoms with Crippen LogP contribution in [0.1, 0.15) is 13.8 Å². The predicted octanol–water partition coefficient (Wildman–Crippen LogP) is 0.703. The fourth-order valence-corrected chi connectivity index (χ4v) is 2.83. The Morgan fingerprint density at radius 2 is 2.06 bits per heavy atom. The second kappa shape index (κ2) is 5.64. The highest BCUT2D eigenvalue weighted by Gasteiger charge is 2.23. The summed E-state index contributed by atoms with van der Waals surface area (Å²) >= 11 is 0. The van der Waals surface area contributed by atoms with Gasteiger partial charge in [0.1, 0.15) is 10.7 Å². The molecule has 0 aromatic heterocycles. The molecule has 102 valence electrons. The molecule has 2 atom stereocenters. The van der Waals surface area contributed by atoms with E-state index in [1.54, 1.807) is 13.8 Å². The molecule has 0 radical (unpaired) electrons. The minimum absolute atomic E-state index is 0.150. The molecule has 18 heavy (non-hydrogen) atoms. The molecule has 1 aromatic rings. The summed E-state index contributed by atoms with van der Waals surface area (Å²) in [7, 11) is -3.89. The van der Waals surface area contributed by atoms with Crippen LogP contribution < -0.4 is 10.5 Å². The van der Waals surface area contributed by atoms with Crippen LogP contribution in [0.3, 0.4) is 0 Å². The van der Waals surface area contributed by atoms with E-state index < -0.39 is 27.6 Å². The monoisotopic (exact) mass is 276 g/mol. The summed E-state index contributed by atoms with van der Waals surface area (Å²) in [5.74, 6) is -1.03. The number of nitrogens with two attached hydrogens (primary N) is 1. The van der Waals surface area contributed by atoms with Gasteiger partial charge in [0.25, 0.3) is 0 Å². The molecular formula is C11H17FN2O3S. The molecule has 0 bridgehead atoms. The van der Waals surface area contributed by atoms with Crippen LogP contribution in [-0.2, 0) is 10.0 Å². The second-order valence-electron chi connectivity index (χ2n) is 4.22. The third-order valence-electron chi connectivity index (χ3n) is 2.79. The molecule has 0 amide bonds. The van der Waals surface area contributed by atoms with Crippen molar-refractivity contribution in [1.82, 2.24) is 4.72 Å². The molecule has 1 aromatic carbocycles. The van der Waals surface area contributed by atoms with Gasteiger partial charge in [-0.05, 0) is 25.0 Å². The maximum absolute atomic E-state index is 13.2. The number of anilines is 1. The number of halogens is 1. The SMILES string of the molecule is CC(CO)C(C)NS(=O)(=O)c1cccc(F)c1N. The van der Waals surface area contributed by atoms with E-state index >= 15 is 0 Å². The van der Waals surface area contributed by atoms with Gasteiger partial charge < -0.3 is 10.8 Å². The lowest BCUT2D eigenvalue weighted by Crippen LogP contribution is -2.38. The zero-order valence-corrected chi connectivity index (χ0v) is 11.0. The van der Waals surface area contributed by atoms with Crippen LogP contribution in [0.5, 0.6) is 0 Å². The minimum atomic E-state index is -3.89. The lowest BCUT2D eigenvalue weighted by atomic mass is 10.1. The van der Waals surface area contributed by atoms with Gasteiger partial charge in [0, 0.05) is 12.6 Å². The molecule has 0 aliphatic heterocycles. The van der Waals surface area contributed by atoms with Crippen molar-refractivity contribution >= 4 is 15.7 Å². The first-order valence-electron chi connectivity index (χ1n) is 5.46. The Bertz CT molecular complexity index is 519. The number of para-hydroxylation sites is 1. The number of aliphatic hydroxyl groups is 1. The smallest absolute Gasteiger partial charge is 0.242 e. The number of rotatable bonds is 5. The van der Waals surface area contributed by atoms with Crippen LogP contribution in [0.15, 0.2) is 23.1 Å². The third-order valence-corrected chi connectivity index (χ3v) is 4.40. The average molecular weight is 276 g/mol. The van der Waals surface area contributed by atoms with E-state index in [2.05, 4.69) is 4.72 Å². The number of benzene rings is 1. The quantitative estimate of drug-likeness (QED) is 0.690. The lowest BCUT2D eigenvalue weighted by Gasteiger charge is -2.19. The van der Waals surface area contributed by atoms with Crippen LogP contribution >= 0.6 is 0 Å². The average Bonchev–Trinajstić information content (AvgIpc) is 2.30. The van der Waals surface area contributed by atoms with Crippen molar-refractivity contribution in [3.63, 3.8) is 0 Å². The number of sulfonamides is 1. The fourth-order valence-electron chi connectivity index (χ4n) is 1.33. The van der Waals surface area contributed by atoms with Gasteiger partial charge in [-0.1, -0.05) is 13.0 Å². The standard InChI is InChI=1S/C11H17FN2O3S/c1-7(6-15)8(2)14-18(16,17)10-5-3-4-9(12)11(10)13/h3-5,7-8,14-15H,6,13H2,1-2H3. The van der Waals surface area contributed by atoms with Crippen molar-refractivity contribution in [2.24, 2.45) is 5.92 Å². The van der Waals surface area contributed by atoms with Crippen molar-refractivity contribution in [2.75, 3.05) is 12.3 Å². The van der Waals surface area contributed by atoms with E-state index in [1.165, 1.54) is 12.1 Å². The van der Waals surface area contributed by atoms with E-state index in [0.29, 0.717) is 0 Å². The highest BCUT2D eigenvalue weighted by molar-refractivity contribution is 7.89. The summed E-state index contributed by atoms with van der Waals surface area (Å²) in [5, 5.41) is 8.95. The van der Waals surface area contributed by atoms with Gasteiger partial charge >= 0.3 is 0 Å². The Morgan fingerprint density at radius 3 is 2.61 bits per heavy atom. The molecular weight excluding hydrogens is 259 g/mol. The van der Waals surface area contributed by atoms with E-state index in [0.717, 1.165) is 6.07 Å². The molecule has 0 aliphatic carbocycles. The summed E-state index contributed by atoms with van der Waals surface area (Å²) in [6.45, 7) is 3.17. The zero-order chi connectivity index (χ0) is 13.9. The largest absolute Gasteiger partial charge is 0.396 e. The predicted molar refractivity (Wildman–Crippen MR) is 66.8 cm³/mol. The van der Waals surface area contributed by atoms with Crippen molar-refractivity contribution in [1.29, 1.82) is 0 Å². The van der Waals surface area contributed by atoms with Gasteiger partial charge in [-0.2, -0.15) is 0 Å². The first kappa shape index (κ1) is 14.9. The Hall–Kier alpha value is -1.18. The maximum Gasteiger partial charge on any atom is 0.242 e. The van der Waals surface area contributed by atoms with Crippen molar-refractivity contribution in [3.05, 3.63) is 24.0 Å². The number of aliphatic hydroxyl groups excluding tert-OH is 1. The van der Waals surface area contributed by atoms with E-state index in [4.69, 9.17) is 10.8 Å². The van der Waals surface area contributed by atoms with Crippen LogP contribution in [0, 0.1) is 11.7 Å². The van der Waals surface area contributed by atoms with Crippen LogP contribution in [0.2, 0.25) is 0 Å². The van der Waals surface area contributed by atoms with Crippen LogP contribution in [0.25, 0.3) is 0 Å². The molecule has 4 N–H and O–H groups in total. The Balaban J connectivity index is 3.04. The molecule has 7 heteroatoms. The topological polar surface area (TPSA) is 92.4 Å². The second-order valence-corrected chi connectivity index (χ2v) is 5.90. The van der Waals surface area contributed by atoms with Gasteiger partial charge in [-0.3, -0.25) is 0 Å².